The number of aliphatic hydroxyl groups excluding tert-OH is 1. The van der Waals surface area contributed by atoms with Gasteiger partial charge in [0.05, 0.1) is 9.82 Å². The zero-order valence-corrected chi connectivity index (χ0v) is 10.2. The van der Waals surface area contributed by atoms with E-state index in [0.29, 0.717) is 4.90 Å². The minimum Gasteiger partial charge on any atom is -0.400 e. The highest BCUT2D eigenvalue weighted by Crippen LogP contribution is 2.25. The number of para-hydroxylation sites is 1. The molecule has 86 valence electrons. The molecule has 1 aromatic carbocycles. The molecule has 15 heavy (non-hydrogen) atoms. The van der Waals surface area contributed by atoms with Crippen LogP contribution in [0.25, 0.3) is 0 Å². The van der Waals surface area contributed by atoms with Gasteiger partial charge in [0.2, 0.25) is 0 Å². The van der Waals surface area contributed by atoms with Gasteiger partial charge in [-0.1, -0.05) is 26.0 Å². The maximum absolute atomic E-state index is 10.4. The summed E-state index contributed by atoms with van der Waals surface area (Å²) in [7, 11) is 1.00. The van der Waals surface area contributed by atoms with Crippen LogP contribution in [0, 0.1) is 10.1 Å². The second kappa shape index (κ2) is 11.0. The number of aliphatic hydroxyl groups is 1. The molecule has 0 saturated heterocycles. The number of nitro benzene ring substituents is 1. The largest absolute Gasteiger partial charge is 0.400 e. The first-order chi connectivity index (χ1) is 7.25. The summed E-state index contributed by atoms with van der Waals surface area (Å²) < 4.78 is 0. The van der Waals surface area contributed by atoms with Gasteiger partial charge >= 0.3 is 0 Å². The zero-order chi connectivity index (χ0) is 12.3. The van der Waals surface area contributed by atoms with E-state index in [0.717, 1.165) is 7.11 Å². The van der Waals surface area contributed by atoms with Crippen LogP contribution < -0.4 is 0 Å². The lowest BCUT2D eigenvalue weighted by Crippen LogP contribution is -1.88. The number of thioether (sulfide) groups is 1. The first-order valence-electron chi connectivity index (χ1n) is 4.48. The summed E-state index contributed by atoms with van der Waals surface area (Å²) in [4.78, 5) is 10.7. The molecule has 0 aliphatic heterocycles. The van der Waals surface area contributed by atoms with Crippen LogP contribution in [0.4, 0.5) is 5.69 Å². The molecular formula is C10H17NO3S. The maximum Gasteiger partial charge on any atom is 0.282 e. The third kappa shape index (κ3) is 6.09. The molecule has 5 heteroatoms. The quantitative estimate of drug-likeness (QED) is 0.483. The number of rotatable bonds is 2. The molecule has 4 nitrogen and oxygen atoms in total. The summed E-state index contributed by atoms with van der Waals surface area (Å²) in [5.74, 6) is 0. The lowest BCUT2D eigenvalue weighted by Gasteiger charge is -1.95. The van der Waals surface area contributed by atoms with Crippen molar-refractivity contribution in [1.82, 2.24) is 0 Å². The lowest BCUT2D eigenvalue weighted by molar-refractivity contribution is -0.387. The van der Waals surface area contributed by atoms with E-state index in [4.69, 9.17) is 5.11 Å². The predicted molar refractivity (Wildman–Crippen MR) is 64.4 cm³/mol. The molecular weight excluding hydrogens is 214 g/mol. The van der Waals surface area contributed by atoms with Crippen molar-refractivity contribution in [2.75, 3.05) is 13.4 Å². The normalized spacial score (nSPS) is 7.80. The second-order valence-electron chi connectivity index (χ2n) is 1.93. The van der Waals surface area contributed by atoms with Crippen molar-refractivity contribution in [2.45, 2.75) is 18.7 Å². The smallest absolute Gasteiger partial charge is 0.282 e. The van der Waals surface area contributed by atoms with Gasteiger partial charge in [0.15, 0.2) is 0 Å². The van der Waals surface area contributed by atoms with Gasteiger partial charge in [0.25, 0.3) is 5.69 Å². The minimum absolute atomic E-state index is 0.181. The Labute approximate surface area is 94.5 Å². The fraction of sp³-hybridized carbons (Fsp3) is 0.400. The second-order valence-corrected chi connectivity index (χ2v) is 2.78. The van der Waals surface area contributed by atoms with Crippen molar-refractivity contribution in [3.63, 3.8) is 0 Å². The van der Waals surface area contributed by atoms with E-state index in [1.54, 1.807) is 18.2 Å². The van der Waals surface area contributed by atoms with Gasteiger partial charge in [0, 0.05) is 13.2 Å². The molecule has 0 heterocycles. The highest BCUT2D eigenvalue weighted by atomic mass is 32.2. The van der Waals surface area contributed by atoms with Crippen molar-refractivity contribution in [1.29, 1.82) is 0 Å². The summed E-state index contributed by atoms with van der Waals surface area (Å²) in [5.41, 5.74) is 0.181. The monoisotopic (exact) mass is 231 g/mol. The van der Waals surface area contributed by atoms with Gasteiger partial charge in [-0.15, -0.1) is 11.8 Å². The third-order valence-corrected chi connectivity index (χ3v) is 2.07. The van der Waals surface area contributed by atoms with Crippen molar-refractivity contribution in [3.05, 3.63) is 34.4 Å². The van der Waals surface area contributed by atoms with E-state index in [1.807, 2.05) is 20.1 Å². The Balaban J connectivity index is 0. The Bertz CT molecular complexity index is 279. The summed E-state index contributed by atoms with van der Waals surface area (Å²) >= 11 is 1.38. The van der Waals surface area contributed by atoms with Crippen molar-refractivity contribution < 1.29 is 10.0 Å². The molecule has 0 aromatic heterocycles. The van der Waals surface area contributed by atoms with Gasteiger partial charge in [0.1, 0.15) is 0 Å². The van der Waals surface area contributed by atoms with Crippen LogP contribution in [0.2, 0.25) is 0 Å². The molecule has 0 saturated carbocycles. The maximum atomic E-state index is 10.4. The van der Waals surface area contributed by atoms with Crippen LogP contribution in [0.15, 0.2) is 29.2 Å². The van der Waals surface area contributed by atoms with Gasteiger partial charge < -0.3 is 5.11 Å². The first kappa shape index (κ1) is 16.4. The average Bonchev–Trinajstić information content (AvgIpc) is 2.34. The Morgan fingerprint density at radius 3 is 2.07 bits per heavy atom. The lowest BCUT2D eigenvalue weighted by atomic mass is 10.3. The predicted octanol–water partition coefficient (Wildman–Crippen LogP) is 2.95. The Hall–Kier alpha value is -1.07. The standard InChI is InChI=1S/C7H7NO2S.C2H6.CH4O/c1-11-7-5-3-2-4-6(7)8(9)10;2*1-2/h2-5H,1H3;1-2H3;2H,1H3. The molecule has 1 N–H and O–H groups in total. The summed E-state index contributed by atoms with van der Waals surface area (Å²) in [6.45, 7) is 4.00. The summed E-state index contributed by atoms with van der Waals surface area (Å²) in [6, 6.07) is 6.70. The van der Waals surface area contributed by atoms with Crippen molar-refractivity contribution in [3.8, 4) is 0 Å². The SMILES string of the molecule is CC.CO.CSc1ccccc1[N+](=O)[O-]. The van der Waals surface area contributed by atoms with E-state index in [2.05, 4.69) is 0 Å². The summed E-state index contributed by atoms with van der Waals surface area (Å²) in [5, 5.41) is 17.4. The Kier molecular flexibility index (Phi) is 12.0. The molecule has 0 aliphatic carbocycles. The van der Waals surface area contributed by atoms with E-state index in [1.165, 1.54) is 17.8 Å². The van der Waals surface area contributed by atoms with E-state index in [-0.39, 0.29) is 10.6 Å². The third-order valence-electron chi connectivity index (χ3n) is 1.28. The van der Waals surface area contributed by atoms with Gasteiger partial charge in [-0.25, -0.2) is 0 Å². The van der Waals surface area contributed by atoms with Crippen LogP contribution in [0.1, 0.15) is 13.8 Å². The van der Waals surface area contributed by atoms with E-state index < -0.39 is 0 Å². The molecule has 0 aliphatic rings. The van der Waals surface area contributed by atoms with Gasteiger partial charge in [-0.05, 0) is 12.3 Å². The molecule has 0 spiro atoms. The van der Waals surface area contributed by atoms with E-state index >= 15 is 0 Å². The van der Waals surface area contributed by atoms with E-state index in [9.17, 15) is 10.1 Å². The topological polar surface area (TPSA) is 63.4 Å². The summed E-state index contributed by atoms with van der Waals surface area (Å²) in [6.07, 6.45) is 1.82. The molecule has 1 aromatic rings. The molecule has 0 unspecified atom stereocenters. The number of benzene rings is 1. The first-order valence-corrected chi connectivity index (χ1v) is 5.70. The Morgan fingerprint density at radius 2 is 1.73 bits per heavy atom. The fourth-order valence-corrected chi connectivity index (χ4v) is 1.35. The number of nitro groups is 1. The van der Waals surface area contributed by atoms with Crippen LogP contribution in [-0.2, 0) is 0 Å². The average molecular weight is 231 g/mol. The van der Waals surface area contributed by atoms with Gasteiger partial charge in [-0.3, -0.25) is 10.1 Å². The van der Waals surface area contributed by atoms with Crippen LogP contribution in [-0.4, -0.2) is 23.4 Å². The molecule has 0 bridgehead atoms. The molecule has 0 fully saturated rings. The van der Waals surface area contributed by atoms with Crippen LogP contribution in [0.3, 0.4) is 0 Å². The molecule has 0 atom stereocenters. The molecule has 1 rings (SSSR count). The van der Waals surface area contributed by atoms with Crippen LogP contribution in [0.5, 0.6) is 0 Å². The van der Waals surface area contributed by atoms with Crippen LogP contribution >= 0.6 is 11.8 Å². The van der Waals surface area contributed by atoms with Crippen molar-refractivity contribution in [2.24, 2.45) is 0 Å². The highest BCUT2D eigenvalue weighted by molar-refractivity contribution is 7.98. The van der Waals surface area contributed by atoms with Crippen molar-refractivity contribution >= 4 is 17.4 Å². The fourth-order valence-electron chi connectivity index (χ4n) is 0.781. The number of hydrogen-bond acceptors (Lipinski definition) is 4. The number of nitrogens with zero attached hydrogens (tertiary/aromatic N) is 1. The van der Waals surface area contributed by atoms with Gasteiger partial charge in [-0.2, -0.15) is 0 Å². The molecule has 0 radical (unpaired) electrons. The number of hydrogen-bond donors (Lipinski definition) is 1. The zero-order valence-electron chi connectivity index (χ0n) is 9.43. The molecule has 0 amide bonds. The highest BCUT2D eigenvalue weighted by Gasteiger charge is 2.09. The Morgan fingerprint density at radius 1 is 1.27 bits per heavy atom. The minimum atomic E-state index is -0.369.